The second-order valence-corrected chi connectivity index (χ2v) is 4.83. The summed E-state index contributed by atoms with van der Waals surface area (Å²) in [5, 5.41) is 11.0. The van der Waals surface area contributed by atoms with Gasteiger partial charge in [-0.1, -0.05) is 19.1 Å². The van der Waals surface area contributed by atoms with Gasteiger partial charge in [-0.2, -0.15) is 0 Å². The van der Waals surface area contributed by atoms with Gasteiger partial charge in [0.25, 0.3) is 5.69 Å². The molecule has 0 saturated carbocycles. The van der Waals surface area contributed by atoms with Gasteiger partial charge in [0.05, 0.1) is 4.92 Å². The molecule has 2 aromatic rings. The molecule has 0 aliphatic carbocycles. The molecule has 7 heteroatoms. The first-order valence-electron chi connectivity index (χ1n) is 6.82. The molecular weight excluding hydrogens is 288 g/mol. The zero-order valence-electron chi connectivity index (χ0n) is 12.5. The Morgan fingerprint density at radius 1 is 1.50 bits per heavy atom. The molecular formula is C15H16N2O5. The number of nitrogens with zero attached hydrogens (tertiary/aromatic N) is 2. The van der Waals surface area contributed by atoms with E-state index < -0.39 is 17.0 Å². The third kappa shape index (κ3) is 3.13. The van der Waals surface area contributed by atoms with Crippen molar-refractivity contribution in [2.75, 3.05) is 0 Å². The van der Waals surface area contributed by atoms with E-state index in [0.717, 1.165) is 0 Å². The molecule has 0 radical (unpaired) electrons. The average molecular weight is 304 g/mol. The lowest BCUT2D eigenvalue weighted by Crippen LogP contribution is -2.11. The number of hydrogen-bond donors (Lipinski definition) is 0. The fourth-order valence-corrected chi connectivity index (χ4v) is 2.05. The Morgan fingerprint density at radius 3 is 2.86 bits per heavy atom. The summed E-state index contributed by atoms with van der Waals surface area (Å²) in [6.45, 7) is 5.14. The molecule has 1 heterocycles. The van der Waals surface area contributed by atoms with Crippen LogP contribution in [0.25, 0.3) is 0 Å². The Morgan fingerprint density at radius 2 is 2.23 bits per heavy atom. The Labute approximate surface area is 127 Å². The number of carbonyl (C=O) groups excluding carboxylic acids is 1. The van der Waals surface area contributed by atoms with E-state index in [2.05, 4.69) is 4.98 Å². The number of benzene rings is 1. The largest absolute Gasteiger partial charge is 0.453 e. The average Bonchev–Trinajstić information content (AvgIpc) is 2.95. The third-order valence-electron chi connectivity index (χ3n) is 3.34. The van der Waals surface area contributed by atoms with Gasteiger partial charge in [0.15, 0.2) is 12.1 Å². The van der Waals surface area contributed by atoms with Crippen molar-refractivity contribution in [3.05, 3.63) is 57.3 Å². The van der Waals surface area contributed by atoms with Gasteiger partial charge in [-0.05, 0) is 19.4 Å². The van der Waals surface area contributed by atoms with Gasteiger partial charge < -0.3 is 9.15 Å². The molecule has 0 fully saturated rings. The van der Waals surface area contributed by atoms with E-state index in [0.29, 0.717) is 23.3 Å². The fourth-order valence-electron chi connectivity index (χ4n) is 2.05. The van der Waals surface area contributed by atoms with Gasteiger partial charge in [-0.3, -0.25) is 10.1 Å². The topological polar surface area (TPSA) is 95.5 Å². The van der Waals surface area contributed by atoms with Crippen LogP contribution in [-0.4, -0.2) is 15.9 Å². The summed E-state index contributed by atoms with van der Waals surface area (Å²) >= 11 is 0. The fraction of sp³-hybridized carbons (Fsp3) is 0.333. The summed E-state index contributed by atoms with van der Waals surface area (Å²) in [6, 6.07) is 4.74. The molecule has 0 saturated heterocycles. The zero-order valence-corrected chi connectivity index (χ0v) is 12.5. The molecule has 1 aromatic heterocycles. The van der Waals surface area contributed by atoms with Gasteiger partial charge in [0, 0.05) is 18.1 Å². The highest BCUT2D eigenvalue weighted by Crippen LogP contribution is 2.26. The maximum Gasteiger partial charge on any atom is 0.361 e. The summed E-state index contributed by atoms with van der Waals surface area (Å²) in [6.07, 6.45) is 1.08. The molecule has 0 amide bonds. The van der Waals surface area contributed by atoms with Crippen LogP contribution in [0.5, 0.6) is 0 Å². The van der Waals surface area contributed by atoms with E-state index in [4.69, 9.17) is 9.15 Å². The lowest BCUT2D eigenvalue weighted by Gasteiger charge is -2.13. The van der Waals surface area contributed by atoms with Gasteiger partial charge in [-0.15, -0.1) is 0 Å². The molecule has 0 spiro atoms. The van der Waals surface area contributed by atoms with Crippen molar-refractivity contribution in [2.24, 2.45) is 0 Å². The van der Waals surface area contributed by atoms with E-state index in [1.54, 1.807) is 26.0 Å². The van der Waals surface area contributed by atoms with E-state index in [-0.39, 0.29) is 11.4 Å². The maximum atomic E-state index is 12.1. The van der Waals surface area contributed by atoms with Crippen LogP contribution in [0.2, 0.25) is 0 Å². The zero-order chi connectivity index (χ0) is 16.3. The van der Waals surface area contributed by atoms with E-state index in [1.165, 1.54) is 12.5 Å². The second-order valence-electron chi connectivity index (χ2n) is 4.83. The predicted molar refractivity (Wildman–Crippen MR) is 77.5 cm³/mol. The van der Waals surface area contributed by atoms with Crippen molar-refractivity contribution in [1.82, 2.24) is 4.98 Å². The molecule has 1 atom stereocenters. The van der Waals surface area contributed by atoms with Crippen LogP contribution in [0.15, 0.2) is 29.0 Å². The standard InChI is InChI=1S/C15H16N2O5/c1-4-13-14(16-8-21-13)15(18)22-10(3)11-6-5-9(2)12(7-11)17(19)20/h5-8,10H,4H2,1-3H3/t10-/m0/s1. The van der Waals surface area contributed by atoms with Crippen LogP contribution >= 0.6 is 0 Å². The van der Waals surface area contributed by atoms with Crippen LogP contribution in [0, 0.1) is 17.0 Å². The highest BCUT2D eigenvalue weighted by atomic mass is 16.6. The highest BCUT2D eigenvalue weighted by Gasteiger charge is 2.21. The van der Waals surface area contributed by atoms with Gasteiger partial charge >= 0.3 is 5.97 Å². The van der Waals surface area contributed by atoms with Crippen molar-refractivity contribution in [3.8, 4) is 0 Å². The van der Waals surface area contributed by atoms with Crippen LogP contribution < -0.4 is 0 Å². The first-order valence-corrected chi connectivity index (χ1v) is 6.82. The molecule has 0 N–H and O–H groups in total. The Bertz CT molecular complexity index is 708. The summed E-state index contributed by atoms with van der Waals surface area (Å²) in [5.41, 5.74) is 1.23. The van der Waals surface area contributed by atoms with Gasteiger partial charge in [-0.25, -0.2) is 9.78 Å². The first-order chi connectivity index (χ1) is 10.4. The minimum Gasteiger partial charge on any atom is -0.453 e. The van der Waals surface area contributed by atoms with Crippen molar-refractivity contribution in [3.63, 3.8) is 0 Å². The van der Waals surface area contributed by atoms with Gasteiger partial charge in [0.1, 0.15) is 11.9 Å². The predicted octanol–water partition coefficient (Wildman–Crippen LogP) is 3.37. The number of oxazole rings is 1. The number of nitro groups is 1. The maximum absolute atomic E-state index is 12.1. The lowest BCUT2D eigenvalue weighted by atomic mass is 10.1. The number of aromatic nitrogens is 1. The van der Waals surface area contributed by atoms with Crippen molar-refractivity contribution < 1.29 is 18.9 Å². The SMILES string of the molecule is CCc1ocnc1C(=O)O[C@@H](C)c1ccc(C)c([N+](=O)[O-])c1. The number of ether oxygens (including phenoxy) is 1. The third-order valence-corrected chi connectivity index (χ3v) is 3.34. The Hall–Kier alpha value is -2.70. The second kappa shape index (κ2) is 6.38. The van der Waals surface area contributed by atoms with Crippen molar-refractivity contribution in [2.45, 2.75) is 33.3 Å². The minimum atomic E-state index is -0.631. The van der Waals surface area contributed by atoms with E-state index in [1.807, 2.05) is 6.92 Å². The molecule has 0 aliphatic rings. The summed E-state index contributed by atoms with van der Waals surface area (Å²) in [7, 11) is 0. The van der Waals surface area contributed by atoms with Crippen LogP contribution in [0.1, 0.15) is 47.3 Å². The highest BCUT2D eigenvalue weighted by molar-refractivity contribution is 5.88. The molecule has 0 aliphatic heterocycles. The molecule has 2 rings (SSSR count). The molecule has 0 bridgehead atoms. The van der Waals surface area contributed by atoms with Crippen molar-refractivity contribution in [1.29, 1.82) is 0 Å². The number of carbonyl (C=O) groups is 1. The number of rotatable bonds is 5. The van der Waals surface area contributed by atoms with E-state index in [9.17, 15) is 14.9 Å². The molecule has 1 aromatic carbocycles. The summed E-state index contributed by atoms with van der Waals surface area (Å²) < 4.78 is 10.4. The quantitative estimate of drug-likeness (QED) is 0.477. The summed E-state index contributed by atoms with van der Waals surface area (Å²) in [4.78, 5) is 26.4. The number of esters is 1. The molecule has 0 unspecified atom stereocenters. The Balaban J connectivity index is 2.19. The molecule has 7 nitrogen and oxygen atoms in total. The van der Waals surface area contributed by atoms with E-state index >= 15 is 0 Å². The number of nitro benzene ring substituents is 1. The number of aryl methyl sites for hydroxylation is 2. The van der Waals surface area contributed by atoms with Crippen LogP contribution in [0.4, 0.5) is 5.69 Å². The van der Waals surface area contributed by atoms with Crippen LogP contribution in [0.3, 0.4) is 0 Å². The minimum absolute atomic E-state index is 0.00363. The van der Waals surface area contributed by atoms with Gasteiger partial charge in [0.2, 0.25) is 0 Å². The first kappa shape index (κ1) is 15.7. The monoisotopic (exact) mass is 304 g/mol. The Kier molecular flexibility index (Phi) is 4.55. The molecule has 116 valence electrons. The van der Waals surface area contributed by atoms with Crippen molar-refractivity contribution >= 4 is 11.7 Å². The number of hydrogen-bond acceptors (Lipinski definition) is 6. The lowest BCUT2D eigenvalue weighted by molar-refractivity contribution is -0.385. The molecule has 22 heavy (non-hydrogen) atoms. The van der Waals surface area contributed by atoms with Crippen LogP contribution in [-0.2, 0) is 11.2 Å². The normalized spacial score (nSPS) is 12.0. The summed E-state index contributed by atoms with van der Waals surface area (Å²) in [5.74, 6) is -0.159. The smallest absolute Gasteiger partial charge is 0.361 e.